The Morgan fingerprint density at radius 1 is 1.56 bits per heavy atom. The summed E-state index contributed by atoms with van der Waals surface area (Å²) in [7, 11) is 0. The molecule has 1 atom stereocenters. The van der Waals surface area contributed by atoms with E-state index in [1.165, 1.54) is 0 Å². The summed E-state index contributed by atoms with van der Waals surface area (Å²) in [4.78, 5) is 17.9. The van der Waals surface area contributed by atoms with Crippen LogP contribution in [0.15, 0.2) is 0 Å². The van der Waals surface area contributed by atoms with Crippen LogP contribution < -0.4 is 5.90 Å². The molecule has 0 spiro atoms. The largest absolute Gasteiger partial charge is 0.444 e. The van der Waals surface area contributed by atoms with Crippen molar-refractivity contribution in [2.45, 2.75) is 32.5 Å². The van der Waals surface area contributed by atoms with Crippen molar-refractivity contribution in [3.05, 3.63) is 0 Å². The molecule has 0 aromatic carbocycles. The molecule has 6 nitrogen and oxygen atoms in total. The van der Waals surface area contributed by atoms with E-state index in [0.29, 0.717) is 19.7 Å². The lowest BCUT2D eigenvalue weighted by Crippen LogP contribution is -2.49. The summed E-state index contributed by atoms with van der Waals surface area (Å²) in [5, 5.41) is 0. The van der Waals surface area contributed by atoms with Crippen LogP contribution in [0.2, 0.25) is 0 Å². The van der Waals surface area contributed by atoms with Crippen LogP contribution in [0.25, 0.3) is 0 Å². The molecule has 0 saturated carbocycles. The van der Waals surface area contributed by atoms with Gasteiger partial charge < -0.3 is 19.2 Å². The average Bonchev–Trinajstić information content (AvgIpc) is 2.16. The van der Waals surface area contributed by atoms with E-state index in [4.69, 9.17) is 15.4 Å². The maximum atomic E-state index is 11.7. The summed E-state index contributed by atoms with van der Waals surface area (Å²) in [6.07, 6.45) is -0.496. The molecule has 1 fully saturated rings. The van der Waals surface area contributed by atoms with Gasteiger partial charge in [-0.3, -0.25) is 0 Å². The number of hydrogen-bond donors (Lipinski definition) is 1. The smallest absolute Gasteiger partial charge is 0.410 e. The van der Waals surface area contributed by atoms with Crippen LogP contribution in [0, 0.1) is 0 Å². The molecule has 1 aliphatic rings. The Labute approximate surface area is 95.6 Å². The number of amides is 1. The first-order valence-corrected chi connectivity index (χ1v) is 5.33. The standard InChI is InChI=1S/C10H20N2O4/c1-10(2,3)16-9(13)12-4-5-14-8(6-12)7-15-11/h8H,4-7,11H2,1-3H3/t8-/m0/s1. The molecule has 1 aliphatic heterocycles. The van der Waals surface area contributed by atoms with Crippen LogP contribution in [-0.2, 0) is 14.3 Å². The molecule has 94 valence electrons. The van der Waals surface area contributed by atoms with Gasteiger partial charge in [0, 0.05) is 6.54 Å². The SMILES string of the molecule is CC(C)(C)OC(=O)N1CCO[C@H](CON)C1. The van der Waals surface area contributed by atoms with Crippen LogP contribution in [0.5, 0.6) is 0 Å². The van der Waals surface area contributed by atoms with E-state index in [1.807, 2.05) is 20.8 Å². The molecule has 0 unspecified atom stereocenters. The second-order valence-corrected chi connectivity index (χ2v) is 4.75. The van der Waals surface area contributed by atoms with Crippen molar-refractivity contribution in [2.75, 3.05) is 26.3 Å². The van der Waals surface area contributed by atoms with Crippen molar-refractivity contribution >= 4 is 6.09 Å². The Bertz CT molecular complexity index is 237. The molecule has 1 saturated heterocycles. The highest BCUT2D eigenvalue weighted by atomic mass is 16.6. The summed E-state index contributed by atoms with van der Waals surface area (Å²) in [5.74, 6) is 4.97. The Morgan fingerprint density at radius 3 is 2.81 bits per heavy atom. The third kappa shape index (κ3) is 4.34. The van der Waals surface area contributed by atoms with Crippen LogP contribution in [-0.4, -0.2) is 49.0 Å². The van der Waals surface area contributed by atoms with E-state index < -0.39 is 5.60 Å². The Hall–Kier alpha value is -0.850. The molecule has 6 heteroatoms. The fourth-order valence-corrected chi connectivity index (χ4v) is 1.42. The molecule has 1 amide bonds. The fourth-order valence-electron chi connectivity index (χ4n) is 1.42. The van der Waals surface area contributed by atoms with Gasteiger partial charge in [0.1, 0.15) is 11.7 Å². The van der Waals surface area contributed by atoms with Gasteiger partial charge in [0.05, 0.1) is 19.8 Å². The number of carbonyl (C=O) groups is 1. The maximum Gasteiger partial charge on any atom is 0.410 e. The molecule has 2 N–H and O–H groups in total. The summed E-state index contributed by atoms with van der Waals surface area (Å²) < 4.78 is 10.6. The molecule has 0 aromatic rings. The molecule has 0 aromatic heterocycles. The second kappa shape index (κ2) is 5.47. The van der Waals surface area contributed by atoms with Gasteiger partial charge in [-0.05, 0) is 20.8 Å². The van der Waals surface area contributed by atoms with Crippen LogP contribution in [0.1, 0.15) is 20.8 Å². The quantitative estimate of drug-likeness (QED) is 0.702. The summed E-state index contributed by atoms with van der Waals surface area (Å²) in [6.45, 7) is 7.26. The first kappa shape index (κ1) is 13.2. The first-order chi connectivity index (χ1) is 7.42. The van der Waals surface area contributed by atoms with E-state index in [9.17, 15) is 4.79 Å². The average molecular weight is 232 g/mol. The summed E-state index contributed by atoms with van der Waals surface area (Å²) >= 11 is 0. The molecule has 16 heavy (non-hydrogen) atoms. The van der Waals surface area contributed by atoms with Crippen LogP contribution in [0.3, 0.4) is 0 Å². The zero-order valence-electron chi connectivity index (χ0n) is 10.1. The lowest BCUT2D eigenvalue weighted by molar-refractivity contribution is -0.0730. The number of ether oxygens (including phenoxy) is 2. The van der Waals surface area contributed by atoms with E-state index in [2.05, 4.69) is 4.84 Å². The third-order valence-electron chi connectivity index (χ3n) is 2.07. The highest BCUT2D eigenvalue weighted by molar-refractivity contribution is 5.68. The van der Waals surface area contributed by atoms with E-state index in [-0.39, 0.29) is 18.8 Å². The van der Waals surface area contributed by atoms with E-state index >= 15 is 0 Å². The van der Waals surface area contributed by atoms with Crippen molar-refractivity contribution in [2.24, 2.45) is 5.90 Å². The number of morpholine rings is 1. The van der Waals surface area contributed by atoms with Gasteiger partial charge in [0.25, 0.3) is 0 Å². The molecule has 1 rings (SSSR count). The zero-order chi connectivity index (χ0) is 12.2. The van der Waals surface area contributed by atoms with Crippen LogP contribution >= 0.6 is 0 Å². The van der Waals surface area contributed by atoms with Crippen molar-refractivity contribution < 1.29 is 19.1 Å². The Morgan fingerprint density at radius 2 is 2.25 bits per heavy atom. The van der Waals surface area contributed by atoms with Gasteiger partial charge in [0.2, 0.25) is 0 Å². The van der Waals surface area contributed by atoms with Gasteiger partial charge in [-0.1, -0.05) is 0 Å². The maximum absolute atomic E-state index is 11.7. The summed E-state index contributed by atoms with van der Waals surface area (Å²) in [6, 6.07) is 0. The molecule has 0 radical (unpaired) electrons. The Kier molecular flexibility index (Phi) is 4.52. The monoisotopic (exact) mass is 232 g/mol. The summed E-state index contributed by atoms with van der Waals surface area (Å²) in [5.41, 5.74) is -0.477. The minimum atomic E-state index is -0.477. The zero-order valence-corrected chi connectivity index (χ0v) is 10.1. The van der Waals surface area contributed by atoms with Gasteiger partial charge >= 0.3 is 6.09 Å². The predicted molar refractivity (Wildman–Crippen MR) is 57.7 cm³/mol. The molecule has 0 bridgehead atoms. The number of nitrogens with two attached hydrogens (primary N) is 1. The first-order valence-electron chi connectivity index (χ1n) is 5.33. The van der Waals surface area contributed by atoms with E-state index in [0.717, 1.165) is 0 Å². The molecular formula is C10H20N2O4. The van der Waals surface area contributed by atoms with E-state index in [1.54, 1.807) is 4.90 Å². The predicted octanol–water partition coefficient (Wildman–Crippen LogP) is 0.513. The minimum absolute atomic E-state index is 0.175. The van der Waals surface area contributed by atoms with Gasteiger partial charge in [-0.15, -0.1) is 0 Å². The second-order valence-electron chi connectivity index (χ2n) is 4.75. The van der Waals surface area contributed by atoms with Crippen LogP contribution in [0.4, 0.5) is 4.79 Å². The van der Waals surface area contributed by atoms with Gasteiger partial charge in [0.15, 0.2) is 0 Å². The third-order valence-corrected chi connectivity index (χ3v) is 2.07. The number of hydrogen-bond acceptors (Lipinski definition) is 5. The topological polar surface area (TPSA) is 74.0 Å². The highest BCUT2D eigenvalue weighted by Crippen LogP contribution is 2.12. The van der Waals surface area contributed by atoms with Crippen molar-refractivity contribution in [3.63, 3.8) is 0 Å². The Balaban J connectivity index is 2.44. The number of carbonyl (C=O) groups excluding carboxylic acids is 1. The number of nitrogens with zero attached hydrogens (tertiary/aromatic N) is 1. The van der Waals surface area contributed by atoms with Gasteiger partial charge in [-0.2, -0.15) is 0 Å². The lowest BCUT2D eigenvalue weighted by atomic mass is 10.2. The highest BCUT2D eigenvalue weighted by Gasteiger charge is 2.27. The number of rotatable bonds is 2. The normalized spacial score (nSPS) is 22.0. The van der Waals surface area contributed by atoms with Crippen molar-refractivity contribution in [1.29, 1.82) is 0 Å². The van der Waals surface area contributed by atoms with Crippen molar-refractivity contribution in [3.8, 4) is 0 Å². The minimum Gasteiger partial charge on any atom is -0.444 e. The fraction of sp³-hybridized carbons (Fsp3) is 0.900. The molecular weight excluding hydrogens is 212 g/mol. The molecule has 1 heterocycles. The van der Waals surface area contributed by atoms with Gasteiger partial charge in [-0.25, -0.2) is 10.7 Å². The van der Waals surface area contributed by atoms with Crippen molar-refractivity contribution in [1.82, 2.24) is 4.90 Å². The molecule has 0 aliphatic carbocycles. The lowest BCUT2D eigenvalue weighted by Gasteiger charge is -2.33.